The zero-order valence-corrected chi connectivity index (χ0v) is 18.3. The Labute approximate surface area is 188 Å². The second-order valence-corrected chi connectivity index (χ2v) is 7.88. The van der Waals surface area contributed by atoms with Gasteiger partial charge in [0.15, 0.2) is 5.11 Å². The third kappa shape index (κ3) is 5.56. The normalized spacial score (nSPS) is 10.3. The van der Waals surface area contributed by atoms with Gasteiger partial charge in [-0.1, -0.05) is 30.3 Å². The van der Waals surface area contributed by atoms with Gasteiger partial charge in [-0.05, 0) is 29.9 Å². The highest BCUT2D eigenvalue weighted by molar-refractivity contribution is 7.80. The lowest BCUT2D eigenvalue weighted by atomic mass is 10.1. The number of nitro benzene ring substituents is 1. The Kier molecular flexibility index (Phi) is 7.16. The quantitative estimate of drug-likeness (QED) is 0.225. The van der Waals surface area contributed by atoms with Gasteiger partial charge in [-0.25, -0.2) is 4.79 Å². The number of rotatable bonds is 7. The average molecular weight is 458 g/mol. The number of carbonyl (C=O) groups is 1. The van der Waals surface area contributed by atoms with Crippen molar-refractivity contribution in [1.29, 1.82) is 0 Å². The smallest absolute Gasteiger partial charge is 0.340 e. The number of nitro groups is 1. The lowest BCUT2D eigenvalue weighted by Gasteiger charge is -2.13. The van der Waals surface area contributed by atoms with Crippen LogP contribution in [0.4, 0.5) is 16.4 Å². The Morgan fingerprint density at radius 3 is 2.52 bits per heavy atom. The number of benzene rings is 2. The molecule has 0 aliphatic carbocycles. The number of thiophene rings is 1. The van der Waals surface area contributed by atoms with Crippen LogP contribution in [0.5, 0.6) is 5.75 Å². The maximum absolute atomic E-state index is 12.2. The Morgan fingerprint density at radius 2 is 1.87 bits per heavy atom. The Bertz CT molecular complexity index is 1120. The van der Waals surface area contributed by atoms with Gasteiger partial charge in [0.25, 0.3) is 5.69 Å². The summed E-state index contributed by atoms with van der Waals surface area (Å²) < 4.78 is 10.1. The molecule has 0 spiro atoms. The van der Waals surface area contributed by atoms with Gasteiger partial charge in [-0.3, -0.25) is 10.1 Å². The van der Waals surface area contributed by atoms with Crippen LogP contribution >= 0.6 is 23.6 Å². The maximum Gasteiger partial charge on any atom is 0.340 e. The van der Waals surface area contributed by atoms with Gasteiger partial charge in [-0.2, -0.15) is 0 Å². The first-order valence-corrected chi connectivity index (χ1v) is 10.3. The molecule has 3 aromatic rings. The summed E-state index contributed by atoms with van der Waals surface area (Å²) in [6.07, 6.45) is 0.649. The number of thiocarbonyl (C=S) groups is 1. The zero-order chi connectivity index (χ0) is 22.4. The molecule has 0 bridgehead atoms. The summed E-state index contributed by atoms with van der Waals surface area (Å²) in [5.41, 5.74) is 1.68. The summed E-state index contributed by atoms with van der Waals surface area (Å²) in [5.74, 6) is -0.104. The predicted octanol–water partition coefficient (Wildman–Crippen LogP) is 4.85. The van der Waals surface area contributed by atoms with Crippen LogP contribution < -0.4 is 15.4 Å². The molecule has 0 amide bonds. The maximum atomic E-state index is 12.2. The summed E-state index contributed by atoms with van der Waals surface area (Å²) >= 11 is 6.74. The van der Waals surface area contributed by atoms with E-state index in [4.69, 9.17) is 21.7 Å². The van der Waals surface area contributed by atoms with Crippen LogP contribution in [-0.4, -0.2) is 30.2 Å². The van der Waals surface area contributed by atoms with Crippen molar-refractivity contribution in [3.63, 3.8) is 0 Å². The molecule has 2 N–H and O–H groups in total. The molecule has 0 unspecified atom stereocenters. The average Bonchev–Trinajstić information content (AvgIpc) is 3.15. The molecule has 0 saturated heterocycles. The number of methoxy groups -OCH3 is 2. The number of esters is 1. The second-order valence-electron chi connectivity index (χ2n) is 6.33. The van der Waals surface area contributed by atoms with Crippen LogP contribution in [0.2, 0.25) is 0 Å². The van der Waals surface area contributed by atoms with Gasteiger partial charge >= 0.3 is 5.97 Å². The molecular formula is C21H19N3O5S2. The molecule has 10 heteroatoms. The molecule has 0 atom stereocenters. The first-order valence-electron chi connectivity index (χ1n) is 9.06. The van der Waals surface area contributed by atoms with E-state index in [9.17, 15) is 14.9 Å². The van der Waals surface area contributed by atoms with E-state index in [1.165, 1.54) is 43.8 Å². The number of nitrogens with one attached hydrogen (secondary N) is 2. The minimum atomic E-state index is -0.508. The Morgan fingerprint density at radius 1 is 1.13 bits per heavy atom. The number of hydrogen-bond donors (Lipinski definition) is 2. The van der Waals surface area contributed by atoms with Crippen LogP contribution in [0.25, 0.3) is 0 Å². The number of ether oxygens (including phenoxy) is 2. The fraction of sp³-hybridized carbons (Fsp3) is 0.143. The SMILES string of the molecule is COC(=O)c1cc(Cc2ccccc2)sc1NC(=S)Nc1cc([N+](=O)[O-])ccc1OC. The fourth-order valence-corrected chi connectivity index (χ4v) is 4.20. The summed E-state index contributed by atoms with van der Waals surface area (Å²) in [4.78, 5) is 23.8. The van der Waals surface area contributed by atoms with Crippen LogP contribution in [0.15, 0.2) is 54.6 Å². The number of anilines is 2. The summed E-state index contributed by atoms with van der Waals surface area (Å²) in [6.45, 7) is 0. The zero-order valence-electron chi connectivity index (χ0n) is 16.7. The van der Waals surface area contributed by atoms with Gasteiger partial charge in [-0.15, -0.1) is 11.3 Å². The van der Waals surface area contributed by atoms with Crippen molar-refractivity contribution in [2.75, 3.05) is 24.9 Å². The first kappa shape index (κ1) is 22.2. The third-order valence-electron chi connectivity index (χ3n) is 4.28. The molecule has 2 aromatic carbocycles. The number of non-ortho nitro benzene ring substituents is 1. The van der Waals surface area contributed by atoms with Gasteiger partial charge in [0.05, 0.1) is 30.4 Å². The van der Waals surface area contributed by atoms with Gasteiger partial charge in [0.1, 0.15) is 10.8 Å². The van der Waals surface area contributed by atoms with E-state index < -0.39 is 10.9 Å². The standard InChI is InChI=1S/C21H19N3O5S2/c1-28-18-9-8-14(24(26)27)11-17(18)22-21(30)23-19-16(20(25)29-2)12-15(31-19)10-13-6-4-3-5-7-13/h3-9,11-12H,10H2,1-2H3,(H2,22,23,30). The van der Waals surface area contributed by atoms with Gasteiger partial charge in [0, 0.05) is 23.4 Å². The number of hydrogen-bond acceptors (Lipinski definition) is 7. The summed E-state index contributed by atoms with van der Waals surface area (Å²) in [6, 6.07) is 15.8. The largest absolute Gasteiger partial charge is 0.495 e. The van der Waals surface area contributed by atoms with E-state index in [1.807, 2.05) is 30.3 Å². The molecule has 8 nitrogen and oxygen atoms in total. The topological polar surface area (TPSA) is 103 Å². The fourth-order valence-electron chi connectivity index (χ4n) is 2.84. The molecule has 1 aromatic heterocycles. The van der Waals surface area contributed by atoms with E-state index in [0.717, 1.165) is 10.4 Å². The molecule has 0 saturated carbocycles. The second kappa shape index (κ2) is 10.0. The lowest BCUT2D eigenvalue weighted by molar-refractivity contribution is -0.384. The molecular weight excluding hydrogens is 438 g/mol. The molecule has 31 heavy (non-hydrogen) atoms. The highest BCUT2D eigenvalue weighted by Gasteiger charge is 2.19. The molecule has 0 radical (unpaired) electrons. The molecule has 0 aliphatic heterocycles. The van der Waals surface area contributed by atoms with Crippen molar-refractivity contribution in [3.05, 3.63) is 80.7 Å². The van der Waals surface area contributed by atoms with Crippen molar-refractivity contribution >= 4 is 51.0 Å². The van der Waals surface area contributed by atoms with Crippen LogP contribution in [0, 0.1) is 10.1 Å². The van der Waals surface area contributed by atoms with Crippen LogP contribution in [-0.2, 0) is 11.2 Å². The van der Waals surface area contributed by atoms with Crippen LogP contribution in [0.1, 0.15) is 20.8 Å². The molecule has 0 aliphatic rings. The summed E-state index contributed by atoms with van der Waals surface area (Å²) in [5, 5.41) is 17.6. The van der Waals surface area contributed by atoms with E-state index in [-0.39, 0.29) is 10.8 Å². The Hall–Kier alpha value is -3.50. The minimum absolute atomic E-state index is 0.109. The molecule has 3 rings (SSSR count). The lowest BCUT2D eigenvalue weighted by Crippen LogP contribution is -2.20. The molecule has 160 valence electrons. The third-order valence-corrected chi connectivity index (χ3v) is 5.53. The van der Waals surface area contributed by atoms with E-state index in [2.05, 4.69) is 10.6 Å². The highest BCUT2D eigenvalue weighted by atomic mass is 32.1. The van der Waals surface area contributed by atoms with Crippen LogP contribution in [0.3, 0.4) is 0 Å². The van der Waals surface area contributed by atoms with E-state index in [0.29, 0.717) is 28.4 Å². The van der Waals surface area contributed by atoms with Gasteiger partial charge < -0.3 is 20.1 Å². The van der Waals surface area contributed by atoms with Crippen molar-refractivity contribution in [3.8, 4) is 5.75 Å². The predicted molar refractivity (Wildman–Crippen MR) is 124 cm³/mol. The van der Waals surface area contributed by atoms with Crippen molar-refractivity contribution in [2.45, 2.75) is 6.42 Å². The number of carbonyl (C=O) groups excluding carboxylic acids is 1. The van der Waals surface area contributed by atoms with Crippen molar-refractivity contribution in [2.24, 2.45) is 0 Å². The van der Waals surface area contributed by atoms with E-state index in [1.54, 1.807) is 6.07 Å². The van der Waals surface area contributed by atoms with Crippen molar-refractivity contribution in [1.82, 2.24) is 0 Å². The van der Waals surface area contributed by atoms with Crippen molar-refractivity contribution < 1.29 is 19.2 Å². The summed E-state index contributed by atoms with van der Waals surface area (Å²) in [7, 11) is 2.76. The van der Waals surface area contributed by atoms with Gasteiger partial charge in [0.2, 0.25) is 0 Å². The minimum Gasteiger partial charge on any atom is -0.495 e. The monoisotopic (exact) mass is 457 g/mol. The number of nitrogens with zero attached hydrogens (tertiary/aromatic N) is 1. The highest BCUT2D eigenvalue weighted by Crippen LogP contribution is 2.32. The first-order chi connectivity index (χ1) is 14.9. The molecule has 0 fully saturated rings. The van der Waals surface area contributed by atoms with E-state index >= 15 is 0 Å². The Balaban J connectivity index is 1.82. The molecule has 1 heterocycles.